The topological polar surface area (TPSA) is 179 Å². The molecule has 3 aromatic rings. The number of nitrogens with one attached hydrogen (secondary N) is 4. The molecule has 4 rings (SSSR count). The summed E-state index contributed by atoms with van der Waals surface area (Å²) in [6.07, 6.45) is 1.96. The molecule has 1 fully saturated rings. The number of carboxylic acids is 1. The highest BCUT2D eigenvalue weighted by Crippen LogP contribution is 2.24. The summed E-state index contributed by atoms with van der Waals surface area (Å²) in [5, 5.41) is 18.7. The van der Waals surface area contributed by atoms with Gasteiger partial charge in [-0.2, -0.15) is 0 Å². The number of benzene rings is 2. The van der Waals surface area contributed by atoms with E-state index in [2.05, 4.69) is 20.9 Å². The number of likely N-dealkylation sites (tertiary alicyclic amines) is 1. The molecule has 5 N–H and O–H groups in total. The van der Waals surface area contributed by atoms with Crippen LogP contribution in [0, 0.1) is 0 Å². The minimum atomic E-state index is -1.14. The number of alkyl carbamates (subject to hydrolysis) is 1. The van der Waals surface area contributed by atoms with Gasteiger partial charge in [0.2, 0.25) is 5.91 Å². The molecule has 1 saturated heterocycles. The van der Waals surface area contributed by atoms with E-state index in [4.69, 9.17) is 9.47 Å². The van der Waals surface area contributed by atoms with Gasteiger partial charge < -0.3 is 40.4 Å². The Morgan fingerprint density at radius 1 is 1.09 bits per heavy atom. The molecule has 1 aromatic heterocycles. The Morgan fingerprint density at radius 3 is 2.57 bits per heavy atom. The highest BCUT2D eigenvalue weighted by Gasteiger charge is 2.38. The summed E-state index contributed by atoms with van der Waals surface area (Å²) in [7, 11) is 0. The first-order valence-corrected chi connectivity index (χ1v) is 15.3. The number of carboxylic acid groups (broad SMARTS) is 1. The van der Waals surface area contributed by atoms with Crippen LogP contribution in [0.3, 0.4) is 0 Å². The van der Waals surface area contributed by atoms with E-state index >= 15 is 0 Å². The molecule has 246 valence electrons. The van der Waals surface area contributed by atoms with Gasteiger partial charge in [-0.15, -0.1) is 0 Å². The second kappa shape index (κ2) is 14.8. The zero-order valence-electron chi connectivity index (χ0n) is 26.4. The summed E-state index contributed by atoms with van der Waals surface area (Å²) < 4.78 is 10.6. The predicted molar refractivity (Wildman–Crippen MR) is 170 cm³/mol. The van der Waals surface area contributed by atoms with Gasteiger partial charge in [0.05, 0.1) is 30.7 Å². The summed E-state index contributed by atoms with van der Waals surface area (Å²) in [6, 6.07) is 10.4. The van der Waals surface area contributed by atoms with Gasteiger partial charge in [0.15, 0.2) is 0 Å². The number of carbonyl (C=O) groups is 5. The summed E-state index contributed by atoms with van der Waals surface area (Å²) in [5.41, 5.74) is 1.17. The van der Waals surface area contributed by atoms with E-state index < -0.39 is 53.7 Å². The summed E-state index contributed by atoms with van der Waals surface area (Å²) in [4.78, 5) is 69.0. The van der Waals surface area contributed by atoms with E-state index in [1.165, 1.54) is 23.1 Å². The lowest BCUT2D eigenvalue weighted by molar-refractivity contribution is -0.145. The van der Waals surface area contributed by atoms with E-state index in [-0.39, 0.29) is 37.2 Å². The SMILES string of the molecule is CCOC(=O)CC1C(NC(=O)[C@H](Cc2c[nH]c3ccccc23)NC(=O)OC(C)(C)C)CCCN1C(=O)Nc1cccc(C(=O)O)c1. The van der Waals surface area contributed by atoms with Crippen LogP contribution in [0.25, 0.3) is 10.9 Å². The number of carbonyl (C=O) groups excluding carboxylic acids is 4. The van der Waals surface area contributed by atoms with Crippen molar-refractivity contribution in [2.75, 3.05) is 18.5 Å². The molecule has 46 heavy (non-hydrogen) atoms. The number of ether oxygens (including phenoxy) is 2. The average molecular weight is 636 g/mol. The van der Waals surface area contributed by atoms with Crippen molar-refractivity contribution in [2.45, 2.75) is 77.1 Å². The quantitative estimate of drug-likeness (QED) is 0.203. The van der Waals surface area contributed by atoms with Gasteiger partial charge in [0, 0.05) is 35.8 Å². The Hall–Kier alpha value is -5.07. The third kappa shape index (κ3) is 8.99. The van der Waals surface area contributed by atoms with Crippen LogP contribution in [0.15, 0.2) is 54.7 Å². The Labute approximate surface area is 267 Å². The van der Waals surface area contributed by atoms with E-state index in [0.29, 0.717) is 12.8 Å². The van der Waals surface area contributed by atoms with Crippen LogP contribution in [-0.2, 0) is 25.5 Å². The van der Waals surface area contributed by atoms with Crippen molar-refractivity contribution >= 4 is 46.6 Å². The molecule has 0 radical (unpaired) electrons. The first-order valence-electron chi connectivity index (χ1n) is 15.3. The molecule has 2 unspecified atom stereocenters. The summed E-state index contributed by atoms with van der Waals surface area (Å²) in [5.74, 6) is -2.19. The number of fused-ring (bicyclic) bond motifs is 1. The van der Waals surface area contributed by atoms with Gasteiger partial charge in [-0.3, -0.25) is 9.59 Å². The third-order valence-electron chi connectivity index (χ3n) is 7.52. The fourth-order valence-electron chi connectivity index (χ4n) is 5.51. The molecule has 0 aliphatic carbocycles. The molecule has 13 heteroatoms. The van der Waals surface area contributed by atoms with Crippen LogP contribution in [0.1, 0.15) is 62.9 Å². The van der Waals surface area contributed by atoms with Crippen LogP contribution >= 0.6 is 0 Å². The fraction of sp³-hybridized carbons (Fsp3) is 0.424. The van der Waals surface area contributed by atoms with Crippen LogP contribution in [0.5, 0.6) is 0 Å². The number of aromatic carboxylic acids is 1. The molecule has 4 amide bonds. The lowest BCUT2D eigenvalue weighted by atomic mass is 9.93. The second-order valence-corrected chi connectivity index (χ2v) is 12.1. The Bertz CT molecular complexity index is 1580. The Kier molecular flexibility index (Phi) is 10.9. The molecule has 2 aromatic carbocycles. The number of aromatic amines is 1. The lowest BCUT2D eigenvalue weighted by Crippen LogP contribution is -2.61. The minimum Gasteiger partial charge on any atom is -0.478 e. The van der Waals surface area contributed by atoms with E-state index in [1.807, 2.05) is 24.3 Å². The number of amides is 4. The summed E-state index contributed by atoms with van der Waals surface area (Å²) >= 11 is 0. The van der Waals surface area contributed by atoms with Crippen molar-refractivity contribution in [3.05, 3.63) is 65.9 Å². The van der Waals surface area contributed by atoms with Crippen molar-refractivity contribution in [2.24, 2.45) is 0 Å². The number of H-pyrrole nitrogens is 1. The molecule has 0 saturated carbocycles. The zero-order valence-corrected chi connectivity index (χ0v) is 26.4. The fourth-order valence-corrected chi connectivity index (χ4v) is 5.51. The number of piperidine rings is 1. The molecule has 0 bridgehead atoms. The van der Waals surface area contributed by atoms with Crippen LogP contribution in [0.2, 0.25) is 0 Å². The van der Waals surface area contributed by atoms with Crippen molar-refractivity contribution in [3.8, 4) is 0 Å². The number of hydrogen-bond acceptors (Lipinski definition) is 7. The molecule has 13 nitrogen and oxygen atoms in total. The minimum absolute atomic E-state index is 0.00314. The van der Waals surface area contributed by atoms with Crippen molar-refractivity contribution in [1.82, 2.24) is 20.5 Å². The maximum atomic E-state index is 13.9. The molecule has 0 spiro atoms. The van der Waals surface area contributed by atoms with Gasteiger partial charge in [0.25, 0.3) is 0 Å². The number of nitrogens with zero attached hydrogens (tertiary/aromatic N) is 1. The highest BCUT2D eigenvalue weighted by atomic mass is 16.6. The average Bonchev–Trinajstić information content (AvgIpc) is 3.39. The van der Waals surface area contributed by atoms with E-state index in [9.17, 15) is 29.1 Å². The standard InChI is InChI=1S/C33H41N5O8/c1-5-45-28(39)18-27-25(14-9-15-38(27)31(43)35-22-11-8-10-20(16-22)30(41)42)36-29(40)26(37-32(44)46-33(2,3)4)17-21-19-34-24-13-7-6-12-23(21)24/h6-8,10-13,16,19,25-27,34H,5,9,14-15,17-18H2,1-4H3,(H,35,43)(H,36,40)(H,37,44)(H,41,42)/t25?,26-,27?/m0/s1. The van der Waals surface area contributed by atoms with Gasteiger partial charge in [-0.05, 0) is 70.4 Å². The van der Waals surface area contributed by atoms with Crippen molar-refractivity contribution in [3.63, 3.8) is 0 Å². The lowest BCUT2D eigenvalue weighted by Gasteiger charge is -2.41. The van der Waals surface area contributed by atoms with Crippen molar-refractivity contribution in [1.29, 1.82) is 0 Å². The second-order valence-electron chi connectivity index (χ2n) is 12.1. The number of anilines is 1. The number of para-hydroxylation sites is 1. The third-order valence-corrected chi connectivity index (χ3v) is 7.52. The van der Waals surface area contributed by atoms with Gasteiger partial charge in [-0.25, -0.2) is 14.4 Å². The first kappa shape index (κ1) is 33.8. The normalized spacial score (nSPS) is 17.1. The Balaban J connectivity index is 1.58. The molecule has 3 atom stereocenters. The molecular formula is C33H41N5O8. The van der Waals surface area contributed by atoms with Gasteiger partial charge in [-0.1, -0.05) is 24.3 Å². The maximum Gasteiger partial charge on any atom is 0.408 e. The first-order chi connectivity index (χ1) is 21.8. The van der Waals surface area contributed by atoms with E-state index in [1.54, 1.807) is 40.0 Å². The number of hydrogen-bond donors (Lipinski definition) is 5. The maximum absolute atomic E-state index is 13.9. The summed E-state index contributed by atoms with van der Waals surface area (Å²) in [6.45, 7) is 7.28. The van der Waals surface area contributed by atoms with E-state index in [0.717, 1.165) is 16.5 Å². The number of rotatable bonds is 10. The smallest absolute Gasteiger partial charge is 0.408 e. The van der Waals surface area contributed by atoms with Crippen molar-refractivity contribution < 1.29 is 38.6 Å². The number of urea groups is 1. The molecular weight excluding hydrogens is 594 g/mol. The van der Waals surface area contributed by atoms with Gasteiger partial charge >= 0.3 is 24.1 Å². The zero-order chi connectivity index (χ0) is 33.4. The number of aromatic nitrogens is 1. The largest absolute Gasteiger partial charge is 0.478 e. The Morgan fingerprint density at radius 2 is 1.85 bits per heavy atom. The molecule has 1 aliphatic heterocycles. The van der Waals surface area contributed by atoms with Crippen LogP contribution in [0.4, 0.5) is 15.3 Å². The molecule has 2 heterocycles. The van der Waals surface area contributed by atoms with Crippen LogP contribution in [-0.4, -0.2) is 81.8 Å². The predicted octanol–water partition coefficient (Wildman–Crippen LogP) is 4.44. The van der Waals surface area contributed by atoms with Crippen LogP contribution < -0.4 is 16.0 Å². The van der Waals surface area contributed by atoms with Gasteiger partial charge in [0.1, 0.15) is 11.6 Å². The monoisotopic (exact) mass is 635 g/mol. The highest BCUT2D eigenvalue weighted by molar-refractivity contribution is 5.94. The molecule has 1 aliphatic rings. The number of esters is 1.